The van der Waals surface area contributed by atoms with Gasteiger partial charge >= 0.3 is 0 Å². The van der Waals surface area contributed by atoms with Crippen LogP contribution in [0.5, 0.6) is 0 Å². The molecule has 0 atom stereocenters. The minimum absolute atomic E-state index is 0.174. The maximum Gasteiger partial charge on any atom is 0.274 e. The fourth-order valence-electron chi connectivity index (χ4n) is 1.60. The van der Waals surface area contributed by atoms with E-state index in [1.807, 2.05) is 16.9 Å². The fourth-order valence-corrected chi connectivity index (χ4v) is 1.60. The van der Waals surface area contributed by atoms with Gasteiger partial charge in [-0.25, -0.2) is 0 Å². The molecule has 0 amide bonds. The molecule has 2 N–H and O–H groups in total. The van der Waals surface area contributed by atoms with E-state index in [4.69, 9.17) is 5.73 Å². The van der Waals surface area contributed by atoms with Crippen molar-refractivity contribution in [2.75, 3.05) is 5.73 Å². The molecule has 0 bridgehead atoms. The van der Waals surface area contributed by atoms with Crippen LogP contribution in [0.15, 0.2) is 35.4 Å². The van der Waals surface area contributed by atoms with E-state index in [0.29, 0.717) is 12.6 Å². The van der Waals surface area contributed by atoms with Crippen LogP contribution in [0.4, 0.5) is 5.69 Å². The number of aromatic nitrogens is 3. The summed E-state index contributed by atoms with van der Waals surface area (Å²) in [5.41, 5.74) is 6.51. The number of pyridine rings is 1. The summed E-state index contributed by atoms with van der Waals surface area (Å²) >= 11 is 0. The third kappa shape index (κ3) is 2.38. The van der Waals surface area contributed by atoms with E-state index in [1.165, 1.54) is 0 Å². The van der Waals surface area contributed by atoms with Crippen LogP contribution in [0, 0.1) is 0 Å². The molecule has 2 rings (SSSR count). The molecule has 0 aliphatic rings. The zero-order chi connectivity index (χ0) is 12.4. The van der Waals surface area contributed by atoms with Crippen molar-refractivity contribution in [2.24, 2.45) is 0 Å². The van der Waals surface area contributed by atoms with Crippen molar-refractivity contribution >= 4 is 5.69 Å². The van der Waals surface area contributed by atoms with Crippen LogP contribution in [0.25, 0.3) is 0 Å². The number of hydrogen-bond donors (Lipinski definition) is 1. The van der Waals surface area contributed by atoms with Gasteiger partial charge in [-0.3, -0.25) is 9.48 Å². The maximum absolute atomic E-state index is 11.7. The van der Waals surface area contributed by atoms with Crippen LogP contribution in [0.3, 0.4) is 0 Å². The highest BCUT2D eigenvalue weighted by Crippen LogP contribution is 2.05. The summed E-state index contributed by atoms with van der Waals surface area (Å²) in [6, 6.07) is 5.60. The Morgan fingerprint density at radius 1 is 1.35 bits per heavy atom. The highest BCUT2D eigenvalue weighted by atomic mass is 16.1. The lowest BCUT2D eigenvalue weighted by Crippen LogP contribution is -2.22. The monoisotopic (exact) mass is 232 g/mol. The summed E-state index contributed by atoms with van der Waals surface area (Å²) in [6.45, 7) is 4.57. The second-order valence-corrected chi connectivity index (χ2v) is 4.28. The van der Waals surface area contributed by atoms with Gasteiger partial charge in [-0.15, -0.1) is 0 Å². The quantitative estimate of drug-likeness (QED) is 0.866. The molecule has 0 aromatic carbocycles. The summed E-state index contributed by atoms with van der Waals surface area (Å²) < 4.78 is 3.43. The molecule has 0 radical (unpaired) electrons. The molecule has 5 nitrogen and oxygen atoms in total. The molecular weight excluding hydrogens is 216 g/mol. The second-order valence-electron chi connectivity index (χ2n) is 4.28. The van der Waals surface area contributed by atoms with Crippen LogP contribution >= 0.6 is 0 Å². The minimum atomic E-state index is -0.174. The van der Waals surface area contributed by atoms with E-state index in [-0.39, 0.29) is 11.2 Å². The molecule has 90 valence electrons. The van der Waals surface area contributed by atoms with Crippen molar-refractivity contribution in [1.82, 2.24) is 14.3 Å². The van der Waals surface area contributed by atoms with Crippen LogP contribution in [0.1, 0.15) is 25.6 Å². The van der Waals surface area contributed by atoms with Gasteiger partial charge in [-0.1, -0.05) is 0 Å². The molecule has 0 fully saturated rings. The van der Waals surface area contributed by atoms with Gasteiger partial charge < -0.3 is 10.3 Å². The zero-order valence-electron chi connectivity index (χ0n) is 10.00. The zero-order valence-corrected chi connectivity index (χ0v) is 10.00. The van der Waals surface area contributed by atoms with Gasteiger partial charge in [0.25, 0.3) is 5.56 Å². The Bertz CT molecular complexity index is 568. The molecule has 0 aliphatic carbocycles. The number of nitrogens with zero attached hydrogens (tertiary/aromatic N) is 3. The Balaban J connectivity index is 2.26. The van der Waals surface area contributed by atoms with Crippen molar-refractivity contribution in [1.29, 1.82) is 0 Å². The summed E-state index contributed by atoms with van der Waals surface area (Å²) in [6.07, 6.45) is 3.63. The van der Waals surface area contributed by atoms with E-state index in [1.54, 1.807) is 22.9 Å². The average molecular weight is 232 g/mol. The number of anilines is 1. The van der Waals surface area contributed by atoms with Gasteiger partial charge in [0.1, 0.15) is 0 Å². The van der Waals surface area contributed by atoms with Gasteiger partial charge in [-0.2, -0.15) is 5.10 Å². The van der Waals surface area contributed by atoms with Crippen molar-refractivity contribution in [2.45, 2.75) is 26.4 Å². The van der Waals surface area contributed by atoms with E-state index in [2.05, 4.69) is 18.9 Å². The van der Waals surface area contributed by atoms with Gasteiger partial charge in [0.05, 0.1) is 17.9 Å². The summed E-state index contributed by atoms with van der Waals surface area (Å²) in [4.78, 5) is 11.7. The molecule has 2 aromatic rings. The minimum Gasteiger partial charge on any atom is -0.394 e. The number of nitrogens with two attached hydrogens (primary N) is 1. The fraction of sp³-hybridized carbons (Fsp3) is 0.333. The maximum atomic E-state index is 11.7. The lowest BCUT2D eigenvalue weighted by molar-refractivity contribution is 0.523. The van der Waals surface area contributed by atoms with E-state index >= 15 is 0 Å². The standard InChI is InChI=1S/C12H16N4O/c1-9(2)16-7-5-10(14-16)8-15-6-3-4-11(13)12(15)17/h3-7,9H,8,13H2,1-2H3. The van der Waals surface area contributed by atoms with Gasteiger partial charge in [-0.05, 0) is 32.0 Å². The molecule has 2 heterocycles. The molecule has 17 heavy (non-hydrogen) atoms. The topological polar surface area (TPSA) is 65.8 Å². The normalized spacial score (nSPS) is 11.0. The van der Waals surface area contributed by atoms with Crippen molar-refractivity contribution in [3.63, 3.8) is 0 Å². The molecule has 0 spiro atoms. The number of rotatable bonds is 3. The SMILES string of the molecule is CC(C)n1ccc(Cn2cccc(N)c2=O)n1. The largest absolute Gasteiger partial charge is 0.394 e. The molecule has 0 unspecified atom stereocenters. The van der Waals surface area contributed by atoms with Gasteiger partial charge in [0.15, 0.2) is 0 Å². The molecule has 0 aliphatic heterocycles. The van der Waals surface area contributed by atoms with E-state index in [9.17, 15) is 4.79 Å². The van der Waals surface area contributed by atoms with Crippen LogP contribution < -0.4 is 11.3 Å². The first-order chi connectivity index (χ1) is 8.08. The first kappa shape index (κ1) is 11.4. The van der Waals surface area contributed by atoms with Gasteiger partial charge in [0.2, 0.25) is 0 Å². The third-order valence-corrected chi connectivity index (χ3v) is 2.57. The second kappa shape index (κ2) is 4.45. The van der Waals surface area contributed by atoms with Crippen molar-refractivity contribution in [3.05, 3.63) is 46.6 Å². The predicted octanol–water partition coefficient (Wildman–Crippen LogP) is 1.26. The van der Waals surface area contributed by atoms with Crippen LogP contribution in [0.2, 0.25) is 0 Å². The molecule has 5 heteroatoms. The van der Waals surface area contributed by atoms with Crippen LogP contribution in [-0.2, 0) is 6.54 Å². The van der Waals surface area contributed by atoms with Gasteiger partial charge in [0, 0.05) is 18.4 Å². The Hall–Kier alpha value is -2.04. The highest BCUT2D eigenvalue weighted by molar-refractivity contribution is 5.33. The molecule has 0 saturated heterocycles. The number of hydrogen-bond acceptors (Lipinski definition) is 3. The lowest BCUT2D eigenvalue weighted by Gasteiger charge is -2.05. The smallest absolute Gasteiger partial charge is 0.274 e. The Morgan fingerprint density at radius 2 is 2.12 bits per heavy atom. The van der Waals surface area contributed by atoms with Crippen molar-refractivity contribution in [3.8, 4) is 0 Å². The first-order valence-corrected chi connectivity index (χ1v) is 5.57. The molecule has 2 aromatic heterocycles. The van der Waals surface area contributed by atoms with E-state index in [0.717, 1.165) is 5.69 Å². The average Bonchev–Trinajstić information content (AvgIpc) is 2.73. The summed E-state index contributed by atoms with van der Waals surface area (Å²) in [7, 11) is 0. The molecule has 0 saturated carbocycles. The Kier molecular flexibility index (Phi) is 2.99. The first-order valence-electron chi connectivity index (χ1n) is 5.57. The predicted molar refractivity (Wildman–Crippen MR) is 66.8 cm³/mol. The lowest BCUT2D eigenvalue weighted by atomic mass is 10.3. The highest BCUT2D eigenvalue weighted by Gasteiger charge is 2.04. The van der Waals surface area contributed by atoms with Crippen LogP contribution in [-0.4, -0.2) is 14.3 Å². The Labute approximate surface area is 99.5 Å². The third-order valence-electron chi connectivity index (χ3n) is 2.57. The number of nitrogen functional groups attached to an aromatic ring is 1. The molecular formula is C12H16N4O. The van der Waals surface area contributed by atoms with E-state index < -0.39 is 0 Å². The Morgan fingerprint density at radius 3 is 2.76 bits per heavy atom. The summed E-state index contributed by atoms with van der Waals surface area (Å²) in [5, 5.41) is 4.39. The van der Waals surface area contributed by atoms with Crippen molar-refractivity contribution < 1.29 is 0 Å². The summed E-state index contributed by atoms with van der Waals surface area (Å²) in [5.74, 6) is 0.